The lowest BCUT2D eigenvalue weighted by atomic mass is 10.1. The van der Waals surface area contributed by atoms with Crippen LogP contribution in [0.4, 0.5) is 0 Å². The molecule has 0 radical (unpaired) electrons. The smallest absolute Gasteiger partial charge is 0.166 e. The number of rotatable bonds is 8. The quantitative estimate of drug-likeness (QED) is 0.285. The van der Waals surface area contributed by atoms with E-state index in [4.69, 9.17) is 4.74 Å². The topological polar surface area (TPSA) is 49.8 Å². The molecule has 0 aliphatic carbocycles. The van der Waals surface area contributed by atoms with Crippen LogP contribution in [0, 0.1) is 0 Å². The predicted molar refractivity (Wildman–Crippen MR) is 129 cm³/mol. The Hall–Kier alpha value is -3.17. The van der Waals surface area contributed by atoms with Gasteiger partial charge in [-0.15, -0.1) is 0 Å². The minimum absolute atomic E-state index is 0.215. The zero-order chi connectivity index (χ0) is 22.4. The number of hydroxylamine groups is 2. The number of methoxy groups -OCH3 is 1. The van der Waals surface area contributed by atoms with Crippen molar-refractivity contribution in [1.82, 2.24) is 5.06 Å². The summed E-state index contributed by atoms with van der Waals surface area (Å²) in [6, 6.07) is 35.9. The van der Waals surface area contributed by atoms with Gasteiger partial charge in [0.25, 0.3) is 0 Å². The average molecular weight is 443 g/mol. The van der Waals surface area contributed by atoms with E-state index < -0.39 is 12.9 Å². The summed E-state index contributed by atoms with van der Waals surface area (Å²) in [6.07, 6.45) is 0. The van der Waals surface area contributed by atoms with Crippen molar-refractivity contribution in [1.29, 1.82) is 0 Å². The molecule has 4 nitrogen and oxygen atoms in total. The van der Waals surface area contributed by atoms with E-state index in [-0.39, 0.29) is 6.54 Å². The number of ether oxygens (including phenoxy) is 1. The monoisotopic (exact) mass is 443 g/mol. The van der Waals surface area contributed by atoms with E-state index in [1.807, 2.05) is 115 Å². The van der Waals surface area contributed by atoms with Crippen LogP contribution < -0.4 is 15.3 Å². The molecule has 4 aromatic carbocycles. The molecule has 32 heavy (non-hydrogen) atoms. The van der Waals surface area contributed by atoms with Gasteiger partial charge < -0.3 is 14.5 Å². The highest BCUT2D eigenvalue weighted by Crippen LogP contribution is 2.59. The van der Waals surface area contributed by atoms with Crippen LogP contribution in [-0.2, 0) is 11.1 Å². The van der Waals surface area contributed by atoms with Gasteiger partial charge in [-0.3, -0.25) is 0 Å². The molecule has 0 spiro atoms. The van der Waals surface area contributed by atoms with Crippen LogP contribution in [-0.4, -0.2) is 17.4 Å². The third-order valence-corrected chi connectivity index (χ3v) is 8.87. The van der Waals surface area contributed by atoms with E-state index in [0.29, 0.717) is 21.9 Å². The second kappa shape index (κ2) is 9.97. The fourth-order valence-electron chi connectivity index (χ4n) is 4.01. The maximum atomic E-state index is 15.2. The zero-order valence-electron chi connectivity index (χ0n) is 17.9. The number of nitrogens with zero attached hydrogens (tertiary/aromatic N) is 1. The molecule has 1 unspecified atom stereocenters. The fraction of sp³-hybridized carbons (Fsp3) is 0.111. The van der Waals surface area contributed by atoms with E-state index in [9.17, 15) is 5.21 Å². The molecule has 5 heteroatoms. The molecule has 1 N–H and O–H groups in total. The van der Waals surface area contributed by atoms with Crippen LogP contribution in [0.3, 0.4) is 0 Å². The Morgan fingerprint density at radius 2 is 1.22 bits per heavy atom. The lowest BCUT2D eigenvalue weighted by molar-refractivity contribution is -0.114. The summed E-state index contributed by atoms with van der Waals surface area (Å²) in [7, 11) is -1.81. The van der Waals surface area contributed by atoms with Crippen LogP contribution >= 0.6 is 7.14 Å². The minimum atomic E-state index is -3.39. The Bertz CT molecular complexity index is 1140. The van der Waals surface area contributed by atoms with Crippen molar-refractivity contribution in [3.05, 3.63) is 126 Å². The van der Waals surface area contributed by atoms with Gasteiger partial charge in [-0.1, -0.05) is 109 Å². The first kappa shape index (κ1) is 22.0. The van der Waals surface area contributed by atoms with E-state index in [1.54, 1.807) is 7.11 Å². The standard InChI is InChI=1S/C27H26NO3P/c1-31-26-20-12-11-19-25(26)27(28(29)21-22-13-5-2-6-14-22)32(30,23-15-7-3-8-16-23)24-17-9-4-10-18-24/h2-20,27,29H,21H2,1H3. The normalized spacial score (nSPS) is 12.5. The molecule has 0 aromatic heterocycles. The molecule has 0 bridgehead atoms. The summed E-state index contributed by atoms with van der Waals surface area (Å²) >= 11 is 0. The van der Waals surface area contributed by atoms with E-state index >= 15 is 4.57 Å². The van der Waals surface area contributed by atoms with Gasteiger partial charge in [-0.25, -0.2) is 0 Å². The van der Waals surface area contributed by atoms with Crippen molar-refractivity contribution in [2.24, 2.45) is 0 Å². The summed E-state index contributed by atoms with van der Waals surface area (Å²) in [5, 5.41) is 14.0. The molecule has 0 aliphatic rings. The third kappa shape index (κ3) is 4.39. The molecule has 4 aromatic rings. The van der Waals surface area contributed by atoms with Crippen LogP contribution in [0.5, 0.6) is 5.75 Å². The summed E-state index contributed by atoms with van der Waals surface area (Å²) in [4.78, 5) is 0. The summed E-state index contributed by atoms with van der Waals surface area (Å²) in [5.41, 5.74) is 1.59. The lowest BCUT2D eigenvalue weighted by Gasteiger charge is -2.35. The first-order valence-corrected chi connectivity index (χ1v) is 12.3. The van der Waals surface area contributed by atoms with Crippen molar-refractivity contribution >= 4 is 17.8 Å². The van der Waals surface area contributed by atoms with Gasteiger partial charge in [0.05, 0.1) is 13.7 Å². The molecule has 0 saturated heterocycles. The van der Waals surface area contributed by atoms with Crippen molar-refractivity contribution in [3.8, 4) is 5.75 Å². The van der Waals surface area contributed by atoms with Gasteiger partial charge in [-0.2, -0.15) is 5.06 Å². The summed E-state index contributed by atoms with van der Waals surface area (Å²) in [5.74, 6) is -0.264. The Kier molecular flexibility index (Phi) is 6.87. The van der Waals surface area contributed by atoms with Crippen molar-refractivity contribution < 1.29 is 14.5 Å². The van der Waals surface area contributed by atoms with Crippen LogP contribution in [0.2, 0.25) is 0 Å². The Labute approximate surface area is 189 Å². The Balaban J connectivity index is 1.94. The van der Waals surface area contributed by atoms with Gasteiger partial charge in [0.2, 0.25) is 0 Å². The number of hydrogen-bond acceptors (Lipinski definition) is 4. The van der Waals surface area contributed by atoms with Gasteiger partial charge in [0, 0.05) is 16.2 Å². The second-order valence-electron chi connectivity index (χ2n) is 7.53. The van der Waals surface area contributed by atoms with Gasteiger partial charge in [-0.05, 0) is 11.6 Å². The van der Waals surface area contributed by atoms with E-state index in [2.05, 4.69) is 0 Å². The van der Waals surface area contributed by atoms with Gasteiger partial charge in [0.1, 0.15) is 11.5 Å². The number of hydrogen-bond donors (Lipinski definition) is 1. The number of para-hydroxylation sites is 1. The molecular weight excluding hydrogens is 417 g/mol. The first-order chi connectivity index (χ1) is 15.6. The molecule has 1 atom stereocenters. The second-order valence-corrected chi connectivity index (χ2v) is 10.4. The highest BCUT2D eigenvalue weighted by molar-refractivity contribution is 7.78. The Morgan fingerprint density at radius 1 is 0.750 bits per heavy atom. The molecular formula is C27H26NO3P. The highest BCUT2D eigenvalue weighted by atomic mass is 31.2. The molecule has 0 amide bonds. The molecule has 0 aliphatic heterocycles. The van der Waals surface area contributed by atoms with Crippen LogP contribution in [0.15, 0.2) is 115 Å². The molecule has 0 fully saturated rings. The number of benzene rings is 4. The maximum absolute atomic E-state index is 15.2. The van der Waals surface area contributed by atoms with E-state index in [0.717, 1.165) is 5.56 Å². The largest absolute Gasteiger partial charge is 0.496 e. The van der Waals surface area contributed by atoms with Gasteiger partial charge >= 0.3 is 0 Å². The lowest BCUT2D eigenvalue weighted by Crippen LogP contribution is -2.32. The minimum Gasteiger partial charge on any atom is -0.496 e. The molecule has 0 saturated carbocycles. The van der Waals surface area contributed by atoms with Crippen molar-refractivity contribution in [2.75, 3.05) is 7.11 Å². The van der Waals surface area contributed by atoms with Crippen molar-refractivity contribution in [3.63, 3.8) is 0 Å². The average Bonchev–Trinajstić information content (AvgIpc) is 2.86. The fourth-order valence-corrected chi connectivity index (χ4v) is 7.17. The van der Waals surface area contributed by atoms with Gasteiger partial charge in [0.15, 0.2) is 7.14 Å². The molecule has 162 valence electrons. The SMILES string of the molecule is COc1ccccc1C(N(O)Cc1ccccc1)P(=O)(c1ccccc1)c1ccccc1. The van der Waals surface area contributed by atoms with E-state index in [1.165, 1.54) is 5.06 Å². The summed E-state index contributed by atoms with van der Waals surface area (Å²) < 4.78 is 20.8. The maximum Gasteiger partial charge on any atom is 0.166 e. The highest BCUT2D eigenvalue weighted by Gasteiger charge is 2.42. The van der Waals surface area contributed by atoms with Crippen LogP contribution in [0.25, 0.3) is 0 Å². The summed E-state index contributed by atoms with van der Waals surface area (Å²) in [6.45, 7) is 0.215. The predicted octanol–water partition coefficient (Wildman–Crippen LogP) is 5.60. The Morgan fingerprint density at radius 3 is 1.75 bits per heavy atom. The zero-order valence-corrected chi connectivity index (χ0v) is 18.8. The van der Waals surface area contributed by atoms with Crippen LogP contribution in [0.1, 0.15) is 16.9 Å². The first-order valence-electron chi connectivity index (χ1n) is 10.5. The molecule has 4 rings (SSSR count). The third-order valence-electron chi connectivity index (χ3n) is 5.51. The molecule has 0 heterocycles. The van der Waals surface area contributed by atoms with Crippen molar-refractivity contribution in [2.45, 2.75) is 12.3 Å².